The lowest BCUT2D eigenvalue weighted by Crippen LogP contribution is -2.45. The number of hydrogen-bond donors (Lipinski definition) is 0. The fourth-order valence-electron chi connectivity index (χ4n) is 12.6. The molecule has 2 aliphatic carbocycles. The molecule has 0 N–H and O–H groups in total. The Balaban J connectivity index is 1.01. The summed E-state index contributed by atoms with van der Waals surface area (Å²) >= 11 is 0. The molecule has 0 fully saturated rings. The number of aromatic nitrogens is 3. The Bertz CT molecular complexity index is 4010. The molecule has 0 amide bonds. The highest BCUT2D eigenvalue weighted by atomic mass is 16.5. The van der Waals surface area contributed by atoms with E-state index in [9.17, 15) is 0 Å². The molecule has 4 heteroatoms. The number of benzene rings is 11. The first-order valence-electron chi connectivity index (χ1n) is 23.7. The molecule has 320 valence electrons. The van der Waals surface area contributed by atoms with Crippen LogP contribution in [0.15, 0.2) is 237 Å². The quantitative estimate of drug-likeness (QED) is 0.166. The van der Waals surface area contributed by atoms with Gasteiger partial charge in [0.25, 0.3) is 0 Å². The second kappa shape index (κ2) is 14.3. The van der Waals surface area contributed by atoms with E-state index in [1.165, 1.54) is 71.3 Å². The normalized spacial score (nSPS) is 14.1. The average molecular weight is 878 g/mol. The van der Waals surface area contributed by atoms with Gasteiger partial charge in [0.2, 0.25) is 0 Å². The Morgan fingerprint density at radius 1 is 0.261 bits per heavy atom. The highest BCUT2D eigenvalue weighted by Gasteiger charge is 2.59. The molecule has 0 saturated carbocycles. The largest absolute Gasteiger partial charge is 0.457 e. The maximum Gasteiger partial charge on any atom is 0.164 e. The van der Waals surface area contributed by atoms with E-state index < -0.39 is 10.8 Å². The Labute approximate surface area is 398 Å². The van der Waals surface area contributed by atoms with Crippen LogP contribution >= 0.6 is 0 Å². The summed E-state index contributed by atoms with van der Waals surface area (Å²) < 4.78 is 6.75. The van der Waals surface area contributed by atoms with E-state index in [4.69, 9.17) is 19.7 Å². The first-order valence-corrected chi connectivity index (χ1v) is 23.7. The third-order valence-corrected chi connectivity index (χ3v) is 15.3. The lowest BCUT2D eigenvalue weighted by atomic mass is 9.51. The van der Waals surface area contributed by atoms with Crippen LogP contribution in [0.2, 0.25) is 0 Å². The number of hydrogen-bond acceptors (Lipinski definition) is 4. The first-order chi connectivity index (χ1) is 34.2. The molecule has 0 bridgehead atoms. The van der Waals surface area contributed by atoms with Gasteiger partial charge in [-0.2, -0.15) is 0 Å². The van der Waals surface area contributed by atoms with Crippen LogP contribution in [0, 0.1) is 0 Å². The number of fused-ring (bicyclic) bond motifs is 21. The molecule has 0 saturated heterocycles. The molecular weight excluding hydrogens is 839 g/mol. The van der Waals surface area contributed by atoms with E-state index in [1.54, 1.807) is 0 Å². The predicted molar refractivity (Wildman–Crippen MR) is 278 cm³/mol. The monoisotopic (exact) mass is 877 g/mol. The summed E-state index contributed by atoms with van der Waals surface area (Å²) in [5, 5.41) is 7.29. The van der Waals surface area contributed by atoms with Crippen LogP contribution in [-0.2, 0) is 10.8 Å². The predicted octanol–water partition coefficient (Wildman–Crippen LogP) is 15.5. The van der Waals surface area contributed by atoms with Crippen LogP contribution in [0.4, 0.5) is 0 Å². The zero-order chi connectivity index (χ0) is 45.3. The molecule has 4 nitrogen and oxygen atoms in total. The standard InChI is InChI=1S/C65H39N3O/c1-2-19-40(20-3-1)61-66-62(41-37-38-46-44-23-5-4-21-42(44)43-22-6-7-24-45(43)49(46)39-41)68-63(67-61)48-26-18-34-57-60(48)47-25-8-9-27-50(47)64(57)51-28-10-12-30-53(51)65(54-31-13-11-29-52(54)64)55-32-14-16-35-58(55)69-59-36-17-15-33-56(59)65/h1-39H. The third kappa shape index (κ3) is 5.04. The molecule has 0 radical (unpaired) electrons. The highest BCUT2D eigenvalue weighted by molar-refractivity contribution is 6.25. The van der Waals surface area contributed by atoms with Gasteiger partial charge in [-0.1, -0.05) is 218 Å². The summed E-state index contributed by atoms with van der Waals surface area (Å²) in [4.78, 5) is 16.2. The van der Waals surface area contributed by atoms with E-state index in [0.29, 0.717) is 17.5 Å². The van der Waals surface area contributed by atoms with Crippen LogP contribution in [0.5, 0.6) is 11.5 Å². The summed E-state index contributed by atoms with van der Waals surface area (Å²) in [6.45, 7) is 0. The maximum absolute atomic E-state index is 6.75. The van der Waals surface area contributed by atoms with Gasteiger partial charge < -0.3 is 4.74 Å². The van der Waals surface area contributed by atoms with E-state index in [2.05, 4.69) is 218 Å². The second-order valence-electron chi connectivity index (χ2n) is 18.5. The number of nitrogens with zero attached hydrogens (tertiary/aromatic N) is 3. The molecule has 12 aromatic rings. The van der Waals surface area contributed by atoms with E-state index in [-0.39, 0.29) is 0 Å². The van der Waals surface area contributed by atoms with Crippen molar-refractivity contribution in [2.45, 2.75) is 10.8 Å². The van der Waals surface area contributed by atoms with Gasteiger partial charge in [-0.25, -0.2) is 15.0 Å². The topological polar surface area (TPSA) is 47.9 Å². The van der Waals surface area contributed by atoms with Crippen LogP contribution in [0.3, 0.4) is 0 Å². The van der Waals surface area contributed by atoms with Gasteiger partial charge in [0.1, 0.15) is 11.5 Å². The van der Waals surface area contributed by atoms with Crippen molar-refractivity contribution in [2.75, 3.05) is 0 Å². The van der Waals surface area contributed by atoms with Crippen molar-refractivity contribution in [3.05, 3.63) is 281 Å². The van der Waals surface area contributed by atoms with Crippen molar-refractivity contribution >= 4 is 32.3 Å². The lowest BCUT2D eigenvalue weighted by molar-refractivity contribution is 0.429. The Morgan fingerprint density at radius 3 is 1.26 bits per heavy atom. The summed E-state index contributed by atoms with van der Waals surface area (Å²) in [6, 6.07) is 85.6. The fourth-order valence-corrected chi connectivity index (χ4v) is 12.6. The van der Waals surface area contributed by atoms with Gasteiger partial charge >= 0.3 is 0 Å². The molecular formula is C65H39N3O. The Kier molecular flexibility index (Phi) is 7.88. The van der Waals surface area contributed by atoms with Gasteiger partial charge in [-0.15, -0.1) is 0 Å². The molecule has 0 atom stereocenters. The molecule has 69 heavy (non-hydrogen) atoms. The summed E-state index contributed by atoms with van der Waals surface area (Å²) in [5.74, 6) is 3.64. The van der Waals surface area contributed by atoms with Gasteiger partial charge in [0, 0.05) is 27.8 Å². The molecule has 2 spiro atoms. The Morgan fingerprint density at radius 2 is 0.667 bits per heavy atom. The number of para-hydroxylation sites is 2. The molecule has 1 aliphatic heterocycles. The average Bonchev–Trinajstić information content (AvgIpc) is 3.73. The second-order valence-corrected chi connectivity index (χ2v) is 18.5. The van der Waals surface area contributed by atoms with Crippen LogP contribution in [-0.4, -0.2) is 15.0 Å². The number of ether oxygens (including phenoxy) is 1. The van der Waals surface area contributed by atoms with Crippen LogP contribution in [0.25, 0.3) is 77.6 Å². The number of rotatable bonds is 3. The lowest BCUT2D eigenvalue weighted by Gasteiger charge is -2.51. The SMILES string of the molecule is c1ccc(-c2nc(-c3ccc4c5ccccc5c5ccccc5c4c3)nc(-c3cccc4c3-c3ccccc3C43c4ccccc4C4(c5ccccc5Oc5ccccc54)c4ccccc43)n2)cc1. The van der Waals surface area contributed by atoms with E-state index in [0.717, 1.165) is 44.9 Å². The highest BCUT2D eigenvalue weighted by Crippen LogP contribution is 2.67. The molecule has 0 unspecified atom stereocenters. The van der Waals surface area contributed by atoms with Crippen LogP contribution in [0.1, 0.15) is 44.5 Å². The summed E-state index contributed by atoms with van der Waals surface area (Å²) in [5.41, 5.74) is 13.5. The molecule has 2 heterocycles. The van der Waals surface area contributed by atoms with Gasteiger partial charge in [-0.05, 0) is 95.0 Å². The minimum absolute atomic E-state index is 0.628. The molecule has 1 aromatic heterocycles. The van der Waals surface area contributed by atoms with Crippen molar-refractivity contribution in [1.82, 2.24) is 15.0 Å². The summed E-state index contributed by atoms with van der Waals surface area (Å²) in [6.07, 6.45) is 0. The van der Waals surface area contributed by atoms with Gasteiger partial charge in [0.15, 0.2) is 17.5 Å². The van der Waals surface area contributed by atoms with E-state index in [1.807, 2.05) is 18.2 Å². The zero-order valence-electron chi connectivity index (χ0n) is 37.3. The van der Waals surface area contributed by atoms with Crippen molar-refractivity contribution in [3.63, 3.8) is 0 Å². The minimum atomic E-state index is -0.678. The minimum Gasteiger partial charge on any atom is -0.457 e. The van der Waals surface area contributed by atoms with Crippen molar-refractivity contribution in [3.8, 4) is 56.8 Å². The Hall–Kier alpha value is -8.99. The summed E-state index contributed by atoms with van der Waals surface area (Å²) in [7, 11) is 0. The zero-order valence-corrected chi connectivity index (χ0v) is 37.3. The maximum atomic E-state index is 6.75. The third-order valence-electron chi connectivity index (χ3n) is 15.3. The van der Waals surface area contributed by atoms with E-state index >= 15 is 0 Å². The molecule has 11 aromatic carbocycles. The van der Waals surface area contributed by atoms with Crippen molar-refractivity contribution in [2.24, 2.45) is 0 Å². The van der Waals surface area contributed by atoms with Crippen molar-refractivity contribution < 1.29 is 4.74 Å². The van der Waals surface area contributed by atoms with Crippen LogP contribution < -0.4 is 4.74 Å². The van der Waals surface area contributed by atoms with Gasteiger partial charge in [0.05, 0.1) is 10.8 Å². The molecule has 3 aliphatic rings. The van der Waals surface area contributed by atoms with Gasteiger partial charge in [-0.3, -0.25) is 0 Å². The smallest absolute Gasteiger partial charge is 0.164 e. The van der Waals surface area contributed by atoms with Crippen molar-refractivity contribution in [1.29, 1.82) is 0 Å². The fraction of sp³-hybridized carbons (Fsp3) is 0.0308. The molecule has 15 rings (SSSR count). The first kappa shape index (κ1) is 38.1.